The standard InChI is InChI=1S/C11H13NO/c1-3-11(2)7-5-4-6-10(8-11)13-9-12/h4-8H,3H2,1-2H3. The van der Waals surface area contributed by atoms with Gasteiger partial charge in [-0.2, -0.15) is 0 Å². The van der Waals surface area contributed by atoms with Crippen molar-refractivity contribution in [2.75, 3.05) is 0 Å². The lowest BCUT2D eigenvalue weighted by Gasteiger charge is -2.18. The first-order chi connectivity index (χ1) is 6.20. The second kappa shape index (κ2) is 3.95. The molecule has 0 bridgehead atoms. The highest BCUT2D eigenvalue weighted by molar-refractivity contribution is 5.28. The Morgan fingerprint density at radius 2 is 2.31 bits per heavy atom. The van der Waals surface area contributed by atoms with Gasteiger partial charge in [-0.25, -0.2) is 0 Å². The Balaban J connectivity index is 2.92. The number of allylic oxidation sites excluding steroid dienone is 5. The monoisotopic (exact) mass is 175 g/mol. The van der Waals surface area contributed by atoms with Crippen LogP contribution < -0.4 is 0 Å². The van der Waals surface area contributed by atoms with Crippen molar-refractivity contribution >= 4 is 0 Å². The van der Waals surface area contributed by atoms with Gasteiger partial charge in [0.2, 0.25) is 0 Å². The van der Waals surface area contributed by atoms with E-state index in [1.54, 1.807) is 12.3 Å². The summed E-state index contributed by atoms with van der Waals surface area (Å²) in [4.78, 5) is 0. The van der Waals surface area contributed by atoms with Crippen LogP contribution in [0.3, 0.4) is 0 Å². The number of hydrogen-bond acceptors (Lipinski definition) is 2. The lowest BCUT2D eigenvalue weighted by Crippen LogP contribution is -2.07. The highest BCUT2D eigenvalue weighted by Crippen LogP contribution is 2.28. The number of ether oxygens (including phenoxy) is 1. The molecule has 1 aliphatic carbocycles. The van der Waals surface area contributed by atoms with Crippen molar-refractivity contribution in [3.63, 3.8) is 0 Å². The minimum atomic E-state index is -0.00428. The molecule has 0 saturated heterocycles. The van der Waals surface area contributed by atoms with Gasteiger partial charge in [0.15, 0.2) is 0 Å². The zero-order valence-corrected chi connectivity index (χ0v) is 7.95. The number of hydrogen-bond donors (Lipinski definition) is 0. The number of nitrogens with zero attached hydrogens (tertiary/aromatic N) is 1. The molecule has 0 amide bonds. The lowest BCUT2D eigenvalue weighted by molar-refractivity contribution is 0.378. The normalized spacial score (nSPS) is 26.1. The Morgan fingerprint density at radius 3 is 2.92 bits per heavy atom. The van der Waals surface area contributed by atoms with Gasteiger partial charge in [0, 0.05) is 5.41 Å². The molecule has 1 unspecified atom stereocenters. The molecule has 2 nitrogen and oxygen atoms in total. The van der Waals surface area contributed by atoms with Gasteiger partial charge in [0.25, 0.3) is 6.26 Å². The van der Waals surface area contributed by atoms with Crippen molar-refractivity contribution in [2.24, 2.45) is 5.41 Å². The Morgan fingerprint density at radius 1 is 1.54 bits per heavy atom. The fourth-order valence-corrected chi connectivity index (χ4v) is 1.18. The van der Waals surface area contributed by atoms with Crippen LogP contribution in [0.1, 0.15) is 20.3 Å². The molecule has 13 heavy (non-hydrogen) atoms. The number of rotatable bonds is 2. The fraction of sp³-hybridized carbons (Fsp3) is 0.364. The van der Waals surface area contributed by atoms with E-state index >= 15 is 0 Å². The molecular weight excluding hydrogens is 162 g/mol. The quantitative estimate of drug-likeness (QED) is 0.604. The van der Waals surface area contributed by atoms with Gasteiger partial charge >= 0.3 is 0 Å². The third-order valence-electron chi connectivity index (χ3n) is 2.25. The van der Waals surface area contributed by atoms with Gasteiger partial charge in [-0.05, 0) is 18.6 Å². The summed E-state index contributed by atoms with van der Waals surface area (Å²) < 4.78 is 4.80. The molecule has 0 N–H and O–H groups in total. The molecule has 0 aliphatic heterocycles. The van der Waals surface area contributed by atoms with Crippen molar-refractivity contribution in [1.82, 2.24) is 0 Å². The van der Waals surface area contributed by atoms with Gasteiger partial charge in [-0.15, -0.1) is 5.26 Å². The van der Waals surface area contributed by atoms with E-state index in [4.69, 9.17) is 10.00 Å². The summed E-state index contributed by atoms with van der Waals surface area (Å²) in [6.07, 6.45) is 12.4. The van der Waals surface area contributed by atoms with Crippen LogP contribution in [0.25, 0.3) is 0 Å². The van der Waals surface area contributed by atoms with Crippen LogP contribution >= 0.6 is 0 Å². The summed E-state index contributed by atoms with van der Waals surface area (Å²) in [6.45, 7) is 4.22. The van der Waals surface area contributed by atoms with E-state index < -0.39 is 0 Å². The van der Waals surface area contributed by atoms with Gasteiger partial charge in [-0.1, -0.05) is 32.1 Å². The SMILES string of the molecule is CCC1(C)C=CC=CC(OC#N)=C1. The highest BCUT2D eigenvalue weighted by Gasteiger charge is 2.17. The summed E-state index contributed by atoms with van der Waals surface area (Å²) in [6, 6.07) is 0. The summed E-state index contributed by atoms with van der Waals surface area (Å²) in [5.41, 5.74) is -0.00428. The third-order valence-corrected chi connectivity index (χ3v) is 2.25. The maximum absolute atomic E-state index is 8.39. The van der Waals surface area contributed by atoms with Gasteiger partial charge in [0.1, 0.15) is 5.76 Å². The van der Waals surface area contributed by atoms with E-state index in [2.05, 4.69) is 19.9 Å². The molecule has 0 aromatic carbocycles. The molecule has 0 aromatic heterocycles. The first kappa shape index (κ1) is 9.60. The second-order valence-electron chi connectivity index (χ2n) is 3.32. The highest BCUT2D eigenvalue weighted by atomic mass is 16.5. The van der Waals surface area contributed by atoms with Crippen LogP contribution in [-0.4, -0.2) is 0 Å². The molecule has 0 fully saturated rings. The van der Waals surface area contributed by atoms with Crippen LogP contribution in [0.2, 0.25) is 0 Å². The summed E-state index contributed by atoms with van der Waals surface area (Å²) in [5, 5.41) is 8.39. The molecule has 0 heterocycles. The maximum atomic E-state index is 8.39. The molecule has 0 aromatic rings. The van der Waals surface area contributed by atoms with Crippen molar-refractivity contribution in [3.8, 4) is 6.26 Å². The second-order valence-corrected chi connectivity index (χ2v) is 3.32. The van der Waals surface area contributed by atoms with Gasteiger partial charge in [-0.3, -0.25) is 0 Å². The smallest absolute Gasteiger partial charge is 0.292 e. The van der Waals surface area contributed by atoms with Gasteiger partial charge < -0.3 is 4.74 Å². The Labute approximate surface area is 78.8 Å². The van der Waals surface area contributed by atoms with E-state index in [1.165, 1.54) is 0 Å². The number of nitriles is 1. The molecule has 2 heteroatoms. The first-order valence-corrected chi connectivity index (χ1v) is 4.35. The van der Waals surface area contributed by atoms with E-state index in [1.807, 2.05) is 18.2 Å². The van der Waals surface area contributed by atoms with E-state index in [9.17, 15) is 0 Å². The fourth-order valence-electron chi connectivity index (χ4n) is 1.18. The first-order valence-electron chi connectivity index (χ1n) is 4.35. The Hall–Kier alpha value is -1.49. The van der Waals surface area contributed by atoms with Crippen molar-refractivity contribution in [1.29, 1.82) is 5.26 Å². The largest absolute Gasteiger partial charge is 0.388 e. The van der Waals surface area contributed by atoms with Crippen LogP contribution in [0.15, 0.2) is 36.1 Å². The van der Waals surface area contributed by atoms with Crippen molar-refractivity contribution in [3.05, 3.63) is 36.1 Å². The van der Waals surface area contributed by atoms with Crippen molar-refractivity contribution < 1.29 is 4.74 Å². The lowest BCUT2D eigenvalue weighted by atomic mass is 9.87. The predicted octanol–water partition coefficient (Wildman–Crippen LogP) is 2.91. The van der Waals surface area contributed by atoms with Crippen LogP contribution in [0.4, 0.5) is 0 Å². The van der Waals surface area contributed by atoms with E-state index in [0.717, 1.165) is 6.42 Å². The Kier molecular flexibility index (Phi) is 2.92. The summed E-state index contributed by atoms with van der Waals surface area (Å²) >= 11 is 0. The molecular formula is C11H13NO. The summed E-state index contributed by atoms with van der Waals surface area (Å²) in [5.74, 6) is 0.622. The minimum Gasteiger partial charge on any atom is -0.388 e. The third kappa shape index (κ3) is 2.48. The molecule has 1 rings (SSSR count). The zero-order valence-electron chi connectivity index (χ0n) is 7.95. The maximum Gasteiger partial charge on any atom is 0.292 e. The van der Waals surface area contributed by atoms with Crippen LogP contribution in [0.5, 0.6) is 0 Å². The average Bonchev–Trinajstić information content (AvgIpc) is 2.29. The summed E-state index contributed by atoms with van der Waals surface area (Å²) in [7, 11) is 0. The van der Waals surface area contributed by atoms with E-state index in [0.29, 0.717) is 5.76 Å². The molecule has 1 aliphatic rings. The molecule has 0 spiro atoms. The molecule has 0 saturated carbocycles. The Bertz CT molecular complexity index is 307. The van der Waals surface area contributed by atoms with Crippen LogP contribution in [0, 0.1) is 16.9 Å². The van der Waals surface area contributed by atoms with E-state index in [-0.39, 0.29) is 5.41 Å². The predicted molar refractivity (Wildman–Crippen MR) is 51.5 cm³/mol. The zero-order chi connectivity index (χ0) is 9.73. The minimum absolute atomic E-state index is 0.00428. The van der Waals surface area contributed by atoms with Crippen molar-refractivity contribution in [2.45, 2.75) is 20.3 Å². The topological polar surface area (TPSA) is 33.0 Å². The van der Waals surface area contributed by atoms with Crippen LogP contribution in [-0.2, 0) is 4.74 Å². The molecule has 0 radical (unpaired) electrons. The molecule has 1 atom stereocenters. The van der Waals surface area contributed by atoms with Gasteiger partial charge in [0.05, 0.1) is 0 Å². The molecule has 68 valence electrons. The average molecular weight is 175 g/mol.